The molecule has 0 aromatic carbocycles. The van der Waals surface area contributed by atoms with Gasteiger partial charge in [0.05, 0.1) is 11.6 Å². The largest absolute Gasteiger partial charge is 0.388 e. The van der Waals surface area contributed by atoms with Crippen LogP contribution < -0.4 is 5.32 Å². The van der Waals surface area contributed by atoms with E-state index in [4.69, 9.17) is 6.42 Å². The summed E-state index contributed by atoms with van der Waals surface area (Å²) in [4.78, 5) is 10.8. The second-order valence-corrected chi connectivity index (χ2v) is 3.23. The molecule has 0 heterocycles. The molecule has 0 fully saturated rings. The SMILES string of the molecule is C#CC(=O)NC(CC)C(C)(C)O. The van der Waals surface area contributed by atoms with E-state index in [1.807, 2.05) is 12.8 Å². The number of terminal acetylenes is 1. The van der Waals surface area contributed by atoms with E-state index in [0.717, 1.165) is 0 Å². The summed E-state index contributed by atoms with van der Waals surface area (Å²) in [5.41, 5.74) is -0.929. The van der Waals surface area contributed by atoms with Crippen molar-refractivity contribution in [2.45, 2.75) is 38.8 Å². The number of carbonyl (C=O) groups is 1. The van der Waals surface area contributed by atoms with Crippen molar-refractivity contribution in [3.05, 3.63) is 0 Å². The molecule has 3 nitrogen and oxygen atoms in total. The molecule has 0 bridgehead atoms. The first-order valence-electron chi connectivity index (χ1n) is 3.91. The molecule has 0 rings (SSSR count). The fourth-order valence-corrected chi connectivity index (χ4v) is 0.978. The quantitative estimate of drug-likeness (QED) is 0.596. The average molecular weight is 169 g/mol. The third-order valence-corrected chi connectivity index (χ3v) is 1.70. The highest BCUT2D eigenvalue weighted by Gasteiger charge is 2.25. The van der Waals surface area contributed by atoms with Gasteiger partial charge in [-0.3, -0.25) is 4.79 Å². The Morgan fingerprint density at radius 3 is 2.50 bits per heavy atom. The van der Waals surface area contributed by atoms with Gasteiger partial charge in [0, 0.05) is 0 Å². The van der Waals surface area contributed by atoms with Crippen molar-refractivity contribution in [1.82, 2.24) is 5.32 Å². The first-order valence-corrected chi connectivity index (χ1v) is 3.91. The van der Waals surface area contributed by atoms with Gasteiger partial charge in [-0.2, -0.15) is 0 Å². The van der Waals surface area contributed by atoms with Crippen molar-refractivity contribution >= 4 is 5.91 Å². The van der Waals surface area contributed by atoms with Gasteiger partial charge in [0.25, 0.3) is 5.91 Å². The minimum atomic E-state index is -0.929. The van der Waals surface area contributed by atoms with Crippen molar-refractivity contribution in [3.63, 3.8) is 0 Å². The molecule has 2 N–H and O–H groups in total. The van der Waals surface area contributed by atoms with Gasteiger partial charge in [-0.1, -0.05) is 6.92 Å². The predicted octanol–water partition coefficient (Wildman–Crippen LogP) is 0.285. The fourth-order valence-electron chi connectivity index (χ4n) is 0.978. The van der Waals surface area contributed by atoms with Gasteiger partial charge in [-0.15, -0.1) is 6.42 Å². The van der Waals surface area contributed by atoms with E-state index in [0.29, 0.717) is 6.42 Å². The van der Waals surface area contributed by atoms with Crippen molar-refractivity contribution < 1.29 is 9.90 Å². The molecule has 0 aromatic heterocycles. The molecule has 0 aliphatic heterocycles. The van der Waals surface area contributed by atoms with Crippen LogP contribution in [0.15, 0.2) is 0 Å². The zero-order valence-electron chi connectivity index (χ0n) is 7.72. The molecule has 1 atom stereocenters. The second-order valence-electron chi connectivity index (χ2n) is 3.23. The van der Waals surface area contributed by atoms with Crippen LogP contribution >= 0.6 is 0 Å². The van der Waals surface area contributed by atoms with E-state index in [2.05, 4.69) is 5.32 Å². The Hall–Kier alpha value is -1.01. The van der Waals surface area contributed by atoms with Gasteiger partial charge in [-0.05, 0) is 26.2 Å². The smallest absolute Gasteiger partial charge is 0.295 e. The number of amides is 1. The normalized spacial score (nSPS) is 13.2. The Labute approximate surface area is 73.2 Å². The molecule has 0 radical (unpaired) electrons. The fraction of sp³-hybridized carbons (Fsp3) is 0.667. The molecule has 12 heavy (non-hydrogen) atoms. The van der Waals surface area contributed by atoms with Crippen LogP contribution in [0.2, 0.25) is 0 Å². The second kappa shape index (κ2) is 4.13. The topological polar surface area (TPSA) is 49.3 Å². The maximum Gasteiger partial charge on any atom is 0.295 e. The molecule has 1 unspecified atom stereocenters. The van der Waals surface area contributed by atoms with E-state index in [1.165, 1.54) is 0 Å². The van der Waals surface area contributed by atoms with Crippen molar-refractivity contribution in [1.29, 1.82) is 0 Å². The van der Waals surface area contributed by atoms with Crippen LogP contribution in [0.5, 0.6) is 0 Å². The van der Waals surface area contributed by atoms with Gasteiger partial charge in [0.1, 0.15) is 0 Å². The number of rotatable bonds is 3. The van der Waals surface area contributed by atoms with E-state index in [-0.39, 0.29) is 6.04 Å². The van der Waals surface area contributed by atoms with Crippen LogP contribution in [0.1, 0.15) is 27.2 Å². The molecular weight excluding hydrogens is 154 g/mol. The Morgan fingerprint density at radius 1 is 1.75 bits per heavy atom. The Balaban J connectivity index is 4.21. The lowest BCUT2D eigenvalue weighted by molar-refractivity contribution is -0.118. The van der Waals surface area contributed by atoms with Crippen LogP contribution in [0.4, 0.5) is 0 Å². The predicted molar refractivity (Wildman–Crippen MR) is 47.4 cm³/mol. The summed E-state index contributed by atoms with van der Waals surface area (Å²) >= 11 is 0. The van der Waals surface area contributed by atoms with Crippen LogP contribution in [0.3, 0.4) is 0 Å². The van der Waals surface area contributed by atoms with Gasteiger partial charge >= 0.3 is 0 Å². The standard InChI is InChI=1S/C9H15NO2/c1-5-7(9(3,4)12)10-8(11)6-2/h2,7,12H,5H2,1,3-4H3,(H,10,11). The lowest BCUT2D eigenvalue weighted by atomic mass is 9.97. The third kappa shape index (κ3) is 3.40. The summed E-state index contributed by atoms with van der Waals surface area (Å²) in [5, 5.41) is 12.1. The molecular formula is C9H15NO2. The lowest BCUT2D eigenvalue weighted by Crippen LogP contribution is -2.48. The molecule has 0 aromatic rings. The Morgan fingerprint density at radius 2 is 2.25 bits per heavy atom. The van der Waals surface area contributed by atoms with Crippen molar-refractivity contribution in [2.75, 3.05) is 0 Å². The summed E-state index contributed by atoms with van der Waals surface area (Å²) < 4.78 is 0. The molecule has 0 spiro atoms. The monoisotopic (exact) mass is 169 g/mol. The summed E-state index contributed by atoms with van der Waals surface area (Å²) in [6.45, 7) is 5.15. The lowest BCUT2D eigenvalue weighted by Gasteiger charge is -2.28. The summed E-state index contributed by atoms with van der Waals surface area (Å²) in [6.07, 6.45) is 5.52. The minimum Gasteiger partial charge on any atom is -0.388 e. The van der Waals surface area contributed by atoms with Gasteiger partial charge in [-0.25, -0.2) is 0 Å². The Bertz CT molecular complexity index is 198. The van der Waals surface area contributed by atoms with Crippen LogP contribution in [0.25, 0.3) is 0 Å². The molecule has 0 saturated carbocycles. The summed E-state index contributed by atoms with van der Waals surface area (Å²) in [5.74, 6) is 1.46. The number of nitrogens with one attached hydrogen (secondary N) is 1. The summed E-state index contributed by atoms with van der Waals surface area (Å²) in [6, 6.07) is -0.291. The van der Waals surface area contributed by atoms with Crippen molar-refractivity contribution in [2.24, 2.45) is 0 Å². The van der Waals surface area contributed by atoms with E-state index >= 15 is 0 Å². The highest BCUT2D eigenvalue weighted by atomic mass is 16.3. The molecule has 0 saturated heterocycles. The van der Waals surface area contributed by atoms with Crippen LogP contribution in [-0.4, -0.2) is 22.7 Å². The molecule has 0 aliphatic carbocycles. The zero-order chi connectivity index (χ0) is 9.78. The molecule has 68 valence electrons. The third-order valence-electron chi connectivity index (χ3n) is 1.70. The molecule has 1 amide bonds. The highest BCUT2D eigenvalue weighted by Crippen LogP contribution is 2.10. The maximum atomic E-state index is 10.8. The number of carbonyl (C=O) groups excluding carboxylic acids is 1. The van der Waals surface area contributed by atoms with E-state index in [9.17, 15) is 9.90 Å². The van der Waals surface area contributed by atoms with E-state index in [1.54, 1.807) is 13.8 Å². The first-order chi connectivity index (χ1) is 5.41. The van der Waals surface area contributed by atoms with Gasteiger partial charge in [0.15, 0.2) is 0 Å². The van der Waals surface area contributed by atoms with Gasteiger partial charge < -0.3 is 10.4 Å². The molecule has 0 aliphatic rings. The summed E-state index contributed by atoms with van der Waals surface area (Å²) in [7, 11) is 0. The first kappa shape index (κ1) is 11.0. The molecule has 3 heteroatoms. The highest BCUT2D eigenvalue weighted by molar-refractivity contribution is 5.93. The average Bonchev–Trinajstić information content (AvgIpc) is 1.97. The minimum absolute atomic E-state index is 0.291. The van der Waals surface area contributed by atoms with Crippen LogP contribution in [-0.2, 0) is 4.79 Å². The van der Waals surface area contributed by atoms with E-state index < -0.39 is 11.5 Å². The number of hydrogen-bond donors (Lipinski definition) is 2. The zero-order valence-corrected chi connectivity index (χ0v) is 7.72. The van der Waals surface area contributed by atoms with Crippen molar-refractivity contribution in [3.8, 4) is 12.3 Å². The number of hydrogen-bond acceptors (Lipinski definition) is 2. The number of aliphatic hydroxyl groups is 1. The Kier molecular flexibility index (Phi) is 3.78. The van der Waals surface area contributed by atoms with Crippen LogP contribution in [0, 0.1) is 12.3 Å². The maximum absolute atomic E-state index is 10.8. The van der Waals surface area contributed by atoms with Gasteiger partial charge in [0.2, 0.25) is 0 Å².